The summed E-state index contributed by atoms with van der Waals surface area (Å²) >= 11 is 0. The number of anilines is 1. The van der Waals surface area contributed by atoms with Crippen molar-refractivity contribution in [2.45, 2.75) is 26.9 Å². The van der Waals surface area contributed by atoms with E-state index in [0.717, 1.165) is 11.5 Å². The Morgan fingerprint density at radius 3 is 2.89 bits per heavy atom. The van der Waals surface area contributed by atoms with Crippen LogP contribution >= 0.6 is 0 Å². The van der Waals surface area contributed by atoms with E-state index in [9.17, 15) is 0 Å². The minimum Gasteiger partial charge on any atom is -0.379 e. The standard InChI is InChI=1S/C12H19N5O/c1-12(2,3)9(18-4)7-14-10-11-16-15-8-17(11)6-5-13-10/h5-6,8-9H,7H2,1-4H3,(H,13,14). The molecule has 2 aromatic rings. The van der Waals surface area contributed by atoms with Crippen molar-refractivity contribution in [1.29, 1.82) is 0 Å². The van der Waals surface area contributed by atoms with E-state index in [2.05, 4.69) is 41.3 Å². The number of aromatic nitrogens is 4. The highest BCUT2D eigenvalue weighted by molar-refractivity contribution is 5.61. The van der Waals surface area contributed by atoms with Gasteiger partial charge in [-0.25, -0.2) is 4.98 Å². The largest absolute Gasteiger partial charge is 0.379 e. The SMILES string of the molecule is COC(CNc1nccn2cnnc12)C(C)(C)C. The van der Waals surface area contributed by atoms with Gasteiger partial charge >= 0.3 is 0 Å². The minimum absolute atomic E-state index is 0.0699. The molecule has 6 nitrogen and oxygen atoms in total. The van der Waals surface area contributed by atoms with Gasteiger partial charge in [0.15, 0.2) is 5.82 Å². The molecule has 0 spiro atoms. The van der Waals surface area contributed by atoms with Crippen LogP contribution in [0.3, 0.4) is 0 Å². The van der Waals surface area contributed by atoms with Crippen LogP contribution in [0.5, 0.6) is 0 Å². The van der Waals surface area contributed by atoms with Crippen molar-refractivity contribution in [2.24, 2.45) is 5.41 Å². The molecule has 98 valence electrons. The van der Waals surface area contributed by atoms with Crippen LogP contribution in [-0.2, 0) is 4.74 Å². The van der Waals surface area contributed by atoms with E-state index in [4.69, 9.17) is 4.74 Å². The first kappa shape index (κ1) is 12.8. The molecule has 1 N–H and O–H groups in total. The number of fused-ring (bicyclic) bond motifs is 1. The van der Waals surface area contributed by atoms with Gasteiger partial charge in [0.2, 0.25) is 5.65 Å². The van der Waals surface area contributed by atoms with Crippen molar-refractivity contribution < 1.29 is 4.74 Å². The maximum Gasteiger partial charge on any atom is 0.203 e. The number of hydrogen-bond donors (Lipinski definition) is 1. The summed E-state index contributed by atoms with van der Waals surface area (Å²) in [4.78, 5) is 4.28. The first-order chi connectivity index (χ1) is 8.52. The monoisotopic (exact) mass is 249 g/mol. The first-order valence-corrected chi connectivity index (χ1v) is 5.93. The molecule has 0 radical (unpaired) electrons. The second kappa shape index (κ2) is 4.89. The molecule has 0 bridgehead atoms. The van der Waals surface area contributed by atoms with Gasteiger partial charge in [0.25, 0.3) is 0 Å². The van der Waals surface area contributed by atoms with E-state index in [1.807, 2.05) is 10.6 Å². The molecule has 1 unspecified atom stereocenters. The zero-order valence-corrected chi connectivity index (χ0v) is 11.2. The van der Waals surface area contributed by atoms with Crippen LogP contribution in [0.25, 0.3) is 5.65 Å². The molecular weight excluding hydrogens is 230 g/mol. The molecule has 0 aliphatic carbocycles. The first-order valence-electron chi connectivity index (χ1n) is 5.93. The lowest BCUT2D eigenvalue weighted by Gasteiger charge is -2.29. The van der Waals surface area contributed by atoms with Crippen molar-refractivity contribution in [2.75, 3.05) is 19.0 Å². The van der Waals surface area contributed by atoms with Crippen LogP contribution in [0.1, 0.15) is 20.8 Å². The van der Waals surface area contributed by atoms with Gasteiger partial charge in [0.1, 0.15) is 6.33 Å². The number of nitrogens with zero attached hydrogens (tertiary/aromatic N) is 4. The Morgan fingerprint density at radius 1 is 1.44 bits per heavy atom. The molecule has 0 aliphatic rings. The van der Waals surface area contributed by atoms with E-state index in [-0.39, 0.29) is 11.5 Å². The molecular formula is C12H19N5O. The molecule has 0 aliphatic heterocycles. The lowest BCUT2D eigenvalue weighted by Crippen LogP contribution is -2.35. The van der Waals surface area contributed by atoms with Crippen LogP contribution in [0.15, 0.2) is 18.7 Å². The second-order valence-corrected chi connectivity index (χ2v) is 5.31. The number of hydrogen-bond acceptors (Lipinski definition) is 5. The Hall–Kier alpha value is -1.69. The van der Waals surface area contributed by atoms with Crippen LogP contribution in [-0.4, -0.2) is 39.3 Å². The Balaban J connectivity index is 2.12. The second-order valence-electron chi connectivity index (χ2n) is 5.31. The number of rotatable bonds is 4. The predicted octanol–water partition coefficient (Wildman–Crippen LogP) is 1.60. The zero-order valence-electron chi connectivity index (χ0n) is 11.2. The van der Waals surface area contributed by atoms with Gasteiger partial charge in [-0.1, -0.05) is 20.8 Å². The van der Waals surface area contributed by atoms with E-state index in [0.29, 0.717) is 6.54 Å². The molecule has 0 saturated carbocycles. The number of nitrogens with one attached hydrogen (secondary N) is 1. The molecule has 0 aromatic carbocycles. The van der Waals surface area contributed by atoms with Gasteiger partial charge in [-0.15, -0.1) is 10.2 Å². The highest BCUT2D eigenvalue weighted by Gasteiger charge is 2.24. The van der Waals surface area contributed by atoms with Gasteiger partial charge in [0, 0.05) is 26.0 Å². The Kier molecular flexibility index (Phi) is 3.47. The Labute approximate surface area is 106 Å². The lowest BCUT2D eigenvalue weighted by atomic mass is 9.89. The fourth-order valence-electron chi connectivity index (χ4n) is 1.82. The molecule has 6 heteroatoms. The van der Waals surface area contributed by atoms with Crippen molar-refractivity contribution in [3.05, 3.63) is 18.7 Å². The van der Waals surface area contributed by atoms with Gasteiger partial charge in [-0.05, 0) is 5.41 Å². The smallest absolute Gasteiger partial charge is 0.203 e. The number of methoxy groups -OCH3 is 1. The predicted molar refractivity (Wildman–Crippen MR) is 69.5 cm³/mol. The van der Waals surface area contributed by atoms with Gasteiger partial charge in [-0.3, -0.25) is 4.40 Å². The van der Waals surface area contributed by atoms with E-state index >= 15 is 0 Å². The summed E-state index contributed by atoms with van der Waals surface area (Å²) in [6.07, 6.45) is 5.29. The number of ether oxygens (including phenoxy) is 1. The molecule has 2 heterocycles. The van der Waals surface area contributed by atoms with Crippen molar-refractivity contribution in [1.82, 2.24) is 19.6 Å². The Morgan fingerprint density at radius 2 is 2.22 bits per heavy atom. The van der Waals surface area contributed by atoms with Crippen LogP contribution in [0, 0.1) is 5.41 Å². The topological polar surface area (TPSA) is 64.3 Å². The maximum absolute atomic E-state index is 5.50. The fraction of sp³-hybridized carbons (Fsp3) is 0.583. The van der Waals surface area contributed by atoms with E-state index in [1.54, 1.807) is 19.6 Å². The van der Waals surface area contributed by atoms with Gasteiger partial charge in [-0.2, -0.15) is 0 Å². The Bertz CT molecular complexity index is 516. The highest BCUT2D eigenvalue weighted by Crippen LogP contribution is 2.22. The van der Waals surface area contributed by atoms with Crippen molar-refractivity contribution in [3.8, 4) is 0 Å². The van der Waals surface area contributed by atoms with Crippen LogP contribution in [0.4, 0.5) is 5.82 Å². The summed E-state index contributed by atoms with van der Waals surface area (Å²) in [5.41, 5.74) is 0.793. The maximum atomic E-state index is 5.50. The van der Waals surface area contributed by atoms with E-state index in [1.165, 1.54) is 0 Å². The molecule has 18 heavy (non-hydrogen) atoms. The lowest BCUT2D eigenvalue weighted by molar-refractivity contribution is 0.0268. The third-order valence-electron chi connectivity index (χ3n) is 2.92. The molecule has 0 fully saturated rings. The highest BCUT2D eigenvalue weighted by atomic mass is 16.5. The summed E-state index contributed by atoms with van der Waals surface area (Å²) in [6.45, 7) is 7.12. The van der Waals surface area contributed by atoms with E-state index < -0.39 is 0 Å². The molecule has 0 amide bonds. The molecule has 0 saturated heterocycles. The average Bonchev–Trinajstić information content (AvgIpc) is 2.76. The minimum atomic E-state index is 0.0699. The van der Waals surface area contributed by atoms with Crippen molar-refractivity contribution in [3.63, 3.8) is 0 Å². The summed E-state index contributed by atoms with van der Waals surface area (Å²) < 4.78 is 7.32. The average molecular weight is 249 g/mol. The molecule has 1 atom stereocenters. The van der Waals surface area contributed by atoms with Gasteiger partial charge in [0.05, 0.1) is 6.10 Å². The summed E-state index contributed by atoms with van der Waals surface area (Å²) in [7, 11) is 1.72. The quantitative estimate of drug-likeness (QED) is 0.891. The van der Waals surface area contributed by atoms with Crippen LogP contribution in [0.2, 0.25) is 0 Å². The van der Waals surface area contributed by atoms with Gasteiger partial charge < -0.3 is 10.1 Å². The normalized spacial score (nSPS) is 13.8. The summed E-state index contributed by atoms with van der Waals surface area (Å²) in [6, 6.07) is 0. The third-order valence-corrected chi connectivity index (χ3v) is 2.92. The van der Waals surface area contributed by atoms with Crippen LogP contribution < -0.4 is 5.32 Å². The zero-order chi connectivity index (χ0) is 13.2. The fourth-order valence-corrected chi connectivity index (χ4v) is 1.82. The summed E-state index contributed by atoms with van der Waals surface area (Å²) in [5, 5.41) is 11.2. The third kappa shape index (κ3) is 2.59. The molecule has 2 rings (SSSR count). The molecule has 2 aromatic heterocycles. The van der Waals surface area contributed by atoms with Crippen molar-refractivity contribution >= 4 is 11.5 Å². The summed E-state index contributed by atoms with van der Waals surface area (Å²) in [5.74, 6) is 0.723.